The molecule has 0 spiro atoms. The van der Waals surface area contributed by atoms with Crippen molar-refractivity contribution in [2.45, 2.75) is 45.3 Å². The van der Waals surface area contributed by atoms with Crippen molar-refractivity contribution in [3.63, 3.8) is 0 Å². The second-order valence-corrected chi connectivity index (χ2v) is 9.71. The van der Waals surface area contributed by atoms with Gasteiger partial charge in [-0.3, -0.25) is 0 Å². The van der Waals surface area contributed by atoms with Gasteiger partial charge in [0.25, 0.3) is 0 Å². The summed E-state index contributed by atoms with van der Waals surface area (Å²) < 4.78 is 20.8. The molecule has 1 aliphatic heterocycles. The van der Waals surface area contributed by atoms with Gasteiger partial charge in [0.2, 0.25) is 0 Å². The van der Waals surface area contributed by atoms with E-state index in [0.717, 1.165) is 33.7 Å². The number of aryl methyl sites for hydroxylation is 1. The van der Waals surface area contributed by atoms with Crippen molar-refractivity contribution in [1.82, 2.24) is 4.90 Å². The third-order valence-electron chi connectivity index (χ3n) is 7.28. The molecule has 1 aliphatic rings. The minimum Gasteiger partial charge on any atom is -0.491 e. The van der Waals surface area contributed by atoms with Crippen LogP contribution in [0.4, 0.5) is 10.1 Å². The summed E-state index contributed by atoms with van der Waals surface area (Å²) in [6.07, 6.45) is 0.279. The second kappa shape index (κ2) is 10.4. The van der Waals surface area contributed by atoms with Crippen LogP contribution in [0.5, 0.6) is 5.75 Å². The Labute approximate surface area is 207 Å². The van der Waals surface area contributed by atoms with Crippen LogP contribution < -0.4 is 10.5 Å². The molecule has 0 amide bonds. The number of hydrogen-bond acceptors (Lipinski definition) is 5. The van der Waals surface area contributed by atoms with Crippen molar-refractivity contribution in [3.8, 4) is 16.9 Å². The summed E-state index contributed by atoms with van der Waals surface area (Å²) in [6, 6.07) is 16.3. The number of β-amino-alcohol motifs (C(OH)–C–C–N with tert-alkyl or cyclic N) is 1. The Bertz CT molecular complexity index is 1170. The van der Waals surface area contributed by atoms with E-state index < -0.39 is 11.7 Å². The Kier molecular flexibility index (Phi) is 7.45. The monoisotopic (exact) mass is 478 g/mol. The van der Waals surface area contributed by atoms with Crippen LogP contribution >= 0.6 is 0 Å². The zero-order valence-electron chi connectivity index (χ0n) is 20.7. The molecule has 0 radical (unpaired) electrons. The number of nitrogens with zero attached hydrogens (tertiary/aromatic N) is 1. The molecular weight excluding hydrogens is 443 g/mol. The van der Waals surface area contributed by atoms with Gasteiger partial charge in [-0.1, -0.05) is 42.5 Å². The molecule has 3 aromatic carbocycles. The molecule has 35 heavy (non-hydrogen) atoms. The first-order valence-corrected chi connectivity index (χ1v) is 12.2. The van der Waals surface area contributed by atoms with Gasteiger partial charge in [0.1, 0.15) is 24.3 Å². The molecule has 5 nitrogen and oxygen atoms in total. The highest BCUT2D eigenvalue weighted by Crippen LogP contribution is 2.35. The van der Waals surface area contributed by atoms with E-state index in [1.807, 2.05) is 63.2 Å². The molecule has 186 valence electrons. The Morgan fingerprint density at radius 2 is 1.71 bits per heavy atom. The van der Waals surface area contributed by atoms with Gasteiger partial charge in [-0.05, 0) is 73.6 Å². The predicted molar refractivity (Wildman–Crippen MR) is 138 cm³/mol. The fourth-order valence-electron chi connectivity index (χ4n) is 4.80. The van der Waals surface area contributed by atoms with Gasteiger partial charge in [-0.15, -0.1) is 0 Å². The first kappa shape index (κ1) is 25.2. The highest BCUT2D eigenvalue weighted by Gasteiger charge is 2.35. The number of aliphatic hydroxyl groups excluding tert-OH is 1. The standard InChI is InChI=1S/C29H35FN2O3/c1-19-15-27(20(2)21(3)28(19)31)35-18-24(33)17-32-13-11-29(34,12-14-32)23-9-10-25(26(30)16-23)22-7-5-4-6-8-22/h4-10,15-16,24,33-34H,11-14,17-18,31H2,1-3H3/t24-/m0/s1. The minimum absolute atomic E-state index is 0.177. The van der Waals surface area contributed by atoms with Crippen LogP contribution in [-0.4, -0.2) is 47.5 Å². The summed E-state index contributed by atoms with van der Waals surface area (Å²) in [6.45, 7) is 7.72. The summed E-state index contributed by atoms with van der Waals surface area (Å²) >= 11 is 0. The summed E-state index contributed by atoms with van der Waals surface area (Å²) in [4.78, 5) is 2.11. The van der Waals surface area contributed by atoms with Gasteiger partial charge in [0, 0.05) is 30.9 Å². The van der Waals surface area contributed by atoms with E-state index >= 15 is 0 Å². The molecule has 0 saturated carbocycles. The van der Waals surface area contributed by atoms with Crippen LogP contribution in [0, 0.1) is 26.6 Å². The number of likely N-dealkylation sites (tertiary alicyclic amines) is 1. The van der Waals surface area contributed by atoms with Crippen molar-refractivity contribution in [2.75, 3.05) is 32.0 Å². The van der Waals surface area contributed by atoms with Gasteiger partial charge in [-0.2, -0.15) is 0 Å². The zero-order chi connectivity index (χ0) is 25.2. The number of nitrogens with two attached hydrogens (primary N) is 1. The van der Waals surface area contributed by atoms with Gasteiger partial charge in [0.05, 0.1) is 5.60 Å². The zero-order valence-corrected chi connectivity index (χ0v) is 20.7. The molecule has 1 heterocycles. The fourth-order valence-corrected chi connectivity index (χ4v) is 4.80. The Morgan fingerprint density at radius 3 is 2.37 bits per heavy atom. The minimum atomic E-state index is -1.08. The largest absolute Gasteiger partial charge is 0.491 e. The Balaban J connectivity index is 1.32. The molecule has 0 bridgehead atoms. The second-order valence-electron chi connectivity index (χ2n) is 9.71. The summed E-state index contributed by atoms with van der Waals surface area (Å²) in [5.41, 5.74) is 10.7. The van der Waals surface area contributed by atoms with Crippen LogP contribution in [0.1, 0.15) is 35.1 Å². The molecule has 0 aliphatic carbocycles. The maximum atomic E-state index is 14.9. The Morgan fingerprint density at radius 1 is 1.03 bits per heavy atom. The summed E-state index contributed by atoms with van der Waals surface area (Å²) in [5, 5.41) is 21.8. The normalized spacial score (nSPS) is 16.7. The molecule has 6 heteroatoms. The molecular formula is C29H35FN2O3. The molecule has 1 saturated heterocycles. The van der Waals surface area contributed by atoms with Gasteiger partial charge in [-0.25, -0.2) is 4.39 Å². The average Bonchev–Trinajstić information content (AvgIpc) is 2.86. The highest BCUT2D eigenvalue weighted by atomic mass is 19.1. The smallest absolute Gasteiger partial charge is 0.131 e. The van der Waals surface area contributed by atoms with E-state index in [9.17, 15) is 14.6 Å². The van der Waals surface area contributed by atoms with Crippen molar-refractivity contribution in [3.05, 3.63) is 82.7 Å². The van der Waals surface area contributed by atoms with Crippen molar-refractivity contribution < 1.29 is 19.3 Å². The lowest BCUT2D eigenvalue weighted by Crippen LogP contribution is -2.46. The first-order valence-electron chi connectivity index (χ1n) is 12.2. The molecule has 1 fully saturated rings. The highest BCUT2D eigenvalue weighted by molar-refractivity contribution is 5.64. The van der Waals surface area contributed by atoms with Crippen LogP contribution in [0.25, 0.3) is 11.1 Å². The van der Waals surface area contributed by atoms with Gasteiger partial charge >= 0.3 is 0 Å². The first-order chi connectivity index (χ1) is 16.7. The maximum absolute atomic E-state index is 14.9. The molecule has 1 atom stereocenters. The van der Waals surface area contributed by atoms with E-state index in [4.69, 9.17) is 10.5 Å². The molecule has 4 rings (SSSR count). The molecule has 4 N–H and O–H groups in total. The number of nitrogen functional groups attached to an aromatic ring is 1. The third kappa shape index (κ3) is 5.50. The number of halogens is 1. The quantitative estimate of drug-likeness (QED) is 0.428. The lowest BCUT2D eigenvalue weighted by atomic mass is 9.83. The van der Waals surface area contributed by atoms with Crippen LogP contribution in [0.15, 0.2) is 54.6 Å². The lowest BCUT2D eigenvalue weighted by molar-refractivity contribution is -0.0374. The van der Waals surface area contributed by atoms with E-state index in [0.29, 0.717) is 43.6 Å². The topological polar surface area (TPSA) is 79.0 Å². The molecule has 3 aromatic rings. The van der Waals surface area contributed by atoms with Crippen LogP contribution in [-0.2, 0) is 5.60 Å². The predicted octanol–water partition coefficient (Wildman–Crippen LogP) is 4.72. The van der Waals surface area contributed by atoms with Crippen molar-refractivity contribution in [1.29, 1.82) is 0 Å². The van der Waals surface area contributed by atoms with Crippen molar-refractivity contribution in [2.24, 2.45) is 0 Å². The third-order valence-corrected chi connectivity index (χ3v) is 7.28. The van der Waals surface area contributed by atoms with Crippen LogP contribution in [0.2, 0.25) is 0 Å². The summed E-state index contributed by atoms with van der Waals surface area (Å²) in [7, 11) is 0. The van der Waals surface area contributed by atoms with E-state index in [1.54, 1.807) is 6.07 Å². The number of aliphatic hydroxyl groups is 2. The SMILES string of the molecule is Cc1cc(OC[C@@H](O)CN2CCC(O)(c3ccc(-c4ccccc4)c(F)c3)CC2)c(C)c(C)c1N. The number of hydrogen-bond donors (Lipinski definition) is 3. The van der Waals surface area contributed by atoms with Crippen molar-refractivity contribution >= 4 is 5.69 Å². The number of rotatable bonds is 7. The van der Waals surface area contributed by atoms with E-state index in [2.05, 4.69) is 4.90 Å². The number of ether oxygens (including phenoxy) is 1. The van der Waals surface area contributed by atoms with Crippen LogP contribution in [0.3, 0.4) is 0 Å². The van der Waals surface area contributed by atoms with E-state index in [1.165, 1.54) is 6.07 Å². The van der Waals surface area contributed by atoms with E-state index in [-0.39, 0.29) is 12.4 Å². The Hall–Kier alpha value is -2.93. The van der Waals surface area contributed by atoms with Gasteiger partial charge in [0.15, 0.2) is 0 Å². The fraction of sp³-hybridized carbons (Fsp3) is 0.379. The van der Waals surface area contributed by atoms with Gasteiger partial charge < -0.3 is 25.6 Å². The number of piperidine rings is 1. The number of benzene rings is 3. The number of anilines is 1. The molecule has 0 unspecified atom stereocenters. The summed E-state index contributed by atoms with van der Waals surface area (Å²) in [5.74, 6) is 0.405. The average molecular weight is 479 g/mol. The lowest BCUT2D eigenvalue weighted by Gasteiger charge is -2.39. The maximum Gasteiger partial charge on any atom is 0.131 e. The molecule has 0 aromatic heterocycles.